The number of hydrogen-bond donors (Lipinski definition) is 1. The Morgan fingerprint density at radius 2 is 1.75 bits per heavy atom. The predicted molar refractivity (Wildman–Crippen MR) is 96.0 cm³/mol. The van der Waals surface area contributed by atoms with Crippen LogP contribution in [0.4, 0.5) is 17.1 Å². The Hall–Kier alpha value is -2.95. The average Bonchev–Trinajstić information content (AvgIpc) is 2.81. The van der Waals surface area contributed by atoms with Gasteiger partial charge in [-0.3, -0.25) is 9.59 Å². The summed E-state index contributed by atoms with van der Waals surface area (Å²) in [4.78, 5) is 30.1. The average molecular weight is 321 g/mol. The molecule has 0 bridgehead atoms. The van der Waals surface area contributed by atoms with Crippen LogP contribution in [0.1, 0.15) is 26.3 Å². The van der Waals surface area contributed by atoms with E-state index < -0.39 is 0 Å². The van der Waals surface area contributed by atoms with E-state index in [2.05, 4.69) is 10.3 Å². The van der Waals surface area contributed by atoms with Gasteiger partial charge in [-0.1, -0.05) is 18.2 Å². The van der Waals surface area contributed by atoms with Gasteiger partial charge < -0.3 is 10.2 Å². The van der Waals surface area contributed by atoms with Gasteiger partial charge in [0, 0.05) is 24.2 Å². The third kappa shape index (κ3) is 2.93. The summed E-state index contributed by atoms with van der Waals surface area (Å²) in [6.07, 6.45) is 0. The van der Waals surface area contributed by atoms with Crippen LogP contribution in [-0.4, -0.2) is 23.6 Å². The molecule has 122 valence electrons. The van der Waals surface area contributed by atoms with Crippen molar-refractivity contribution >= 4 is 34.6 Å². The topological polar surface area (TPSA) is 61.8 Å². The Kier molecular flexibility index (Phi) is 4.16. The number of para-hydroxylation sites is 1. The maximum Gasteiger partial charge on any atom is 0.277 e. The van der Waals surface area contributed by atoms with E-state index in [9.17, 15) is 9.59 Å². The van der Waals surface area contributed by atoms with E-state index in [0.717, 1.165) is 11.3 Å². The van der Waals surface area contributed by atoms with E-state index in [1.54, 1.807) is 29.2 Å². The number of benzene rings is 2. The van der Waals surface area contributed by atoms with Gasteiger partial charge in [0.1, 0.15) is 5.71 Å². The molecular weight excluding hydrogens is 302 g/mol. The van der Waals surface area contributed by atoms with Crippen molar-refractivity contribution in [3.8, 4) is 0 Å². The van der Waals surface area contributed by atoms with Crippen LogP contribution in [0.25, 0.3) is 0 Å². The molecule has 0 unspecified atom stereocenters. The first kappa shape index (κ1) is 15.9. The lowest BCUT2D eigenvalue weighted by Crippen LogP contribution is -2.35. The number of carbonyl (C=O) groups is 2. The lowest BCUT2D eigenvalue weighted by molar-refractivity contribution is -0.114. The second kappa shape index (κ2) is 6.28. The summed E-state index contributed by atoms with van der Waals surface area (Å²) in [6.45, 7) is 5.43. The van der Waals surface area contributed by atoms with Crippen LogP contribution < -0.4 is 10.2 Å². The van der Waals surface area contributed by atoms with Crippen molar-refractivity contribution in [2.45, 2.75) is 26.8 Å². The molecule has 2 aromatic carbocycles. The van der Waals surface area contributed by atoms with Crippen molar-refractivity contribution in [3.05, 3.63) is 54.1 Å². The minimum atomic E-state index is -0.124. The molecule has 0 radical (unpaired) electrons. The van der Waals surface area contributed by atoms with Gasteiger partial charge in [-0.15, -0.1) is 0 Å². The van der Waals surface area contributed by atoms with Crippen molar-refractivity contribution in [1.82, 2.24) is 0 Å². The zero-order valence-corrected chi connectivity index (χ0v) is 13.9. The molecule has 1 heterocycles. The molecule has 5 nitrogen and oxygen atoms in total. The molecule has 2 amide bonds. The van der Waals surface area contributed by atoms with Gasteiger partial charge in [0.2, 0.25) is 5.91 Å². The second-order valence-corrected chi connectivity index (χ2v) is 5.97. The first-order chi connectivity index (χ1) is 11.5. The lowest BCUT2D eigenvalue weighted by Gasteiger charge is -2.20. The zero-order chi connectivity index (χ0) is 17.3. The van der Waals surface area contributed by atoms with Gasteiger partial charge in [-0.2, -0.15) is 0 Å². The molecule has 0 saturated carbocycles. The fourth-order valence-corrected chi connectivity index (χ4v) is 2.80. The predicted octanol–water partition coefficient (Wildman–Crippen LogP) is 3.52. The molecule has 0 fully saturated rings. The second-order valence-electron chi connectivity index (χ2n) is 5.97. The van der Waals surface area contributed by atoms with Crippen molar-refractivity contribution < 1.29 is 9.59 Å². The monoisotopic (exact) mass is 321 g/mol. The minimum Gasteiger partial charge on any atom is -0.326 e. The number of carbonyl (C=O) groups excluding carboxylic acids is 2. The number of fused-ring (bicyclic) bond motifs is 1. The van der Waals surface area contributed by atoms with Gasteiger partial charge in [0.05, 0.1) is 11.4 Å². The van der Waals surface area contributed by atoms with Crippen LogP contribution in [0.15, 0.2) is 53.5 Å². The lowest BCUT2D eigenvalue weighted by atomic mass is 10.1. The summed E-state index contributed by atoms with van der Waals surface area (Å²) < 4.78 is 0. The first-order valence-electron chi connectivity index (χ1n) is 7.86. The molecule has 1 aliphatic heterocycles. The molecule has 2 aromatic rings. The fourth-order valence-electron chi connectivity index (χ4n) is 2.80. The van der Waals surface area contributed by atoms with Crippen LogP contribution >= 0.6 is 0 Å². The van der Waals surface area contributed by atoms with Crippen molar-refractivity contribution in [1.29, 1.82) is 0 Å². The molecule has 24 heavy (non-hydrogen) atoms. The van der Waals surface area contributed by atoms with Crippen LogP contribution in [0.3, 0.4) is 0 Å². The number of nitrogens with one attached hydrogen (secondary N) is 1. The molecular formula is C19H19N3O2. The highest BCUT2D eigenvalue weighted by atomic mass is 16.2. The van der Waals surface area contributed by atoms with Crippen molar-refractivity contribution in [2.75, 3.05) is 10.2 Å². The van der Waals surface area contributed by atoms with E-state index in [4.69, 9.17) is 0 Å². The van der Waals surface area contributed by atoms with Gasteiger partial charge in [0.15, 0.2) is 0 Å². The van der Waals surface area contributed by atoms with Gasteiger partial charge in [-0.25, -0.2) is 4.99 Å². The number of aliphatic imine (C=N–C) groups is 1. The third-order valence-corrected chi connectivity index (χ3v) is 3.79. The highest BCUT2D eigenvalue weighted by Crippen LogP contribution is 2.32. The Morgan fingerprint density at radius 1 is 1.08 bits per heavy atom. The summed E-state index contributed by atoms with van der Waals surface area (Å²) in [7, 11) is 0. The molecule has 0 aromatic heterocycles. The minimum absolute atomic E-state index is 0.0634. The standard InChI is InChI=1S/C19H19N3O2/c1-12(2)22-17-7-5-4-6-16(17)18(19(22)24)21-15-10-8-14(9-11-15)20-13(3)23/h4-12H,1-3H3,(H,20,23). The Morgan fingerprint density at radius 3 is 2.38 bits per heavy atom. The summed E-state index contributed by atoms with van der Waals surface area (Å²) in [6, 6.07) is 14.9. The molecule has 1 N–H and O–H groups in total. The summed E-state index contributed by atoms with van der Waals surface area (Å²) in [5.41, 5.74) is 3.57. The number of nitrogens with zero attached hydrogens (tertiary/aromatic N) is 2. The summed E-state index contributed by atoms with van der Waals surface area (Å²) in [5.74, 6) is -0.210. The number of amides is 2. The number of anilines is 2. The van der Waals surface area contributed by atoms with E-state index in [1.165, 1.54) is 6.92 Å². The molecule has 0 atom stereocenters. The normalized spacial score (nSPS) is 15.1. The molecule has 5 heteroatoms. The van der Waals surface area contributed by atoms with Gasteiger partial charge in [0.25, 0.3) is 5.91 Å². The first-order valence-corrected chi connectivity index (χ1v) is 7.86. The molecule has 0 aliphatic carbocycles. The van der Waals surface area contributed by atoms with Crippen molar-refractivity contribution in [2.24, 2.45) is 4.99 Å². The number of rotatable bonds is 3. The van der Waals surface area contributed by atoms with E-state index in [0.29, 0.717) is 17.1 Å². The molecule has 1 aliphatic rings. The summed E-state index contributed by atoms with van der Waals surface area (Å²) in [5, 5.41) is 2.71. The Balaban J connectivity index is 1.98. The van der Waals surface area contributed by atoms with Crippen LogP contribution in [0.2, 0.25) is 0 Å². The van der Waals surface area contributed by atoms with Crippen molar-refractivity contribution in [3.63, 3.8) is 0 Å². The highest BCUT2D eigenvalue weighted by Gasteiger charge is 2.35. The Bertz CT molecular complexity index is 823. The Labute approximate surface area is 141 Å². The molecule has 0 saturated heterocycles. The third-order valence-electron chi connectivity index (χ3n) is 3.79. The number of hydrogen-bond acceptors (Lipinski definition) is 3. The quantitative estimate of drug-likeness (QED) is 0.940. The van der Waals surface area contributed by atoms with Gasteiger partial charge in [-0.05, 0) is 44.2 Å². The maximum absolute atomic E-state index is 12.8. The van der Waals surface area contributed by atoms with Crippen LogP contribution in [0, 0.1) is 0 Å². The van der Waals surface area contributed by atoms with E-state index in [-0.39, 0.29) is 17.9 Å². The molecule has 0 spiro atoms. The van der Waals surface area contributed by atoms with E-state index >= 15 is 0 Å². The van der Waals surface area contributed by atoms with Crippen LogP contribution in [-0.2, 0) is 9.59 Å². The summed E-state index contributed by atoms with van der Waals surface area (Å²) >= 11 is 0. The van der Waals surface area contributed by atoms with E-state index in [1.807, 2.05) is 38.1 Å². The smallest absolute Gasteiger partial charge is 0.277 e. The van der Waals surface area contributed by atoms with Gasteiger partial charge >= 0.3 is 0 Å². The largest absolute Gasteiger partial charge is 0.326 e. The SMILES string of the molecule is CC(=O)Nc1ccc(N=C2C(=O)N(C(C)C)c3ccccc32)cc1. The van der Waals surface area contributed by atoms with Crippen LogP contribution in [0.5, 0.6) is 0 Å². The highest BCUT2D eigenvalue weighted by molar-refractivity contribution is 6.54. The molecule has 3 rings (SSSR count). The maximum atomic E-state index is 12.8. The zero-order valence-electron chi connectivity index (χ0n) is 13.9. The fraction of sp³-hybridized carbons (Fsp3) is 0.211.